The first kappa shape index (κ1) is 5.29. The largest absolute Gasteiger partial charge is 0.263 e. The Hall–Kier alpha value is -1.51. The highest BCUT2D eigenvalue weighted by Crippen LogP contribution is 1.86. The van der Waals surface area contributed by atoms with E-state index in [1.807, 2.05) is 0 Å². The second-order valence-corrected chi connectivity index (χ2v) is 2.08. The van der Waals surface area contributed by atoms with Crippen LogP contribution in [0.1, 0.15) is 5.56 Å². The van der Waals surface area contributed by atoms with Gasteiger partial charge < -0.3 is 0 Å². The van der Waals surface area contributed by atoms with E-state index in [4.69, 9.17) is 0 Å². The second kappa shape index (κ2) is 1.73. The predicted octanol–water partition coefficient (Wildman–Crippen LogP) is -0.541. The number of fused-ring (bicyclic) bond motifs is 1. The molecule has 0 amide bonds. The highest BCUT2D eigenvalue weighted by Gasteiger charge is 1.98. The molecule has 1 aliphatic rings. The molecule has 0 spiro atoms. The van der Waals surface area contributed by atoms with Crippen molar-refractivity contribution in [1.82, 2.24) is 4.98 Å². The molecule has 0 saturated heterocycles. The number of nitrogens with zero attached hydrogens (tertiary/aromatic N) is 3. The Morgan fingerprint density at radius 1 is 1.30 bits per heavy atom. The van der Waals surface area contributed by atoms with Gasteiger partial charge in [0, 0.05) is 23.2 Å². The molecule has 48 valence electrons. The van der Waals surface area contributed by atoms with E-state index in [2.05, 4.69) is 21.8 Å². The van der Waals surface area contributed by atoms with Crippen molar-refractivity contribution in [3.8, 4) is 0 Å². The minimum absolute atomic E-state index is 0.829. The van der Waals surface area contributed by atoms with Crippen molar-refractivity contribution < 1.29 is 0 Å². The van der Waals surface area contributed by atoms with Crippen molar-refractivity contribution in [1.29, 1.82) is 0 Å². The van der Waals surface area contributed by atoms with Gasteiger partial charge in [-0.25, -0.2) is 0 Å². The fourth-order valence-corrected chi connectivity index (χ4v) is 0.880. The molecule has 0 fully saturated rings. The van der Waals surface area contributed by atoms with E-state index in [1.54, 1.807) is 18.6 Å². The minimum Gasteiger partial charge on any atom is -0.263 e. The predicted molar refractivity (Wildman–Crippen MR) is 38.1 cm³/mol. The lowest BCUT2D eigenvalue weighted by Crippen LogP contribution is -2.25. The number of pyridine rings is 1. The van der Waals surface area contributed by atoms with Crippen LogP contribution in [0, 0.1) is 0 Å². The Kier molecular flexibility index (Phi) is 0.917. The van der Waals surface area contributed by atoms with Crippen molar-refractivity contribution in [2.45, 2.75) is 0 Å². The Balaban J connectivity index is 2.99. The van der Waals surface area contributed by atoms with Crippen LogP contribution in [0.2, 0.25) is 0 Å². The molecule has 3 nitrogen and oxygen atoms in total. The van der Waals surface area contributed by atoms with Crippen LogP contribution in [0.3, 0.4) is 0 Å². The van der Waals surface area contributed by atoms with Crippen LogP contribution in [0.5, 0.6) is 0 Å². The molecule has 0 radical (unpaired) electrons. The van der Waals surface area contributed by atoms with Crippen LogP contribution in [-0.2, 0) is 0 Å². The quantitative estimate of drug-likeness (QED) is 0.466. The van der Waals surface area contributed by atoms with Crippen molar-refractivity contribution in [3.05, 3.63) is 28.5 Å². The third kappa shape index (κ3) is 0.572. The molecule has 2 heterocycles. The molecule has 0 bridgehead atoms. The second-order valence-electron chi connectivity index (χ2n) is 2.08. The fraction of sp³-hybridized carbons (Fsp3) is 0. The smallest absolute Gasteiger partial charge is 0.104 e. The van der Waals surface area contributed by atoms with Gasteiger partial charge in [0.05, 0.1) is 6.21 Å². The first-order valence-electron chi connectivity index (χ1n) is 2.92. The van der Waals surface area contributed by atoms with Gasteiger partial charge in [-0.1, -0.05) is 6.58 Å². The molecule has 1 aromatic heterocycles. The average Bonchev–Trinajstić information content (AvgIpc) is 2.36. The molecule has 10 heavy (non-hydrogen) atoms. The molecule has 0 aliphatic carbocycles. The number of hydrogen-bond donors (Lipinski definition) is 0. The zero-order valence-corrected chi connectivity index (χ0v) is 5.28. The van der Waals surface area contributed by atoms with Gasteiger partial charge in [0.15, 0.2) is 0 Å². The molecule has 0 atom stereocenters. The third-order valence-electron chi connectivity index (χ3n) is 1.38. The molecule has 2 rings (SSSR count). The summed E-state index contributed by atoms with van der Waals surface area (Å²) in [6, 6.07) is 0. The standard InChI is InChI=1S/C7H5N3/c1-5-2-8-3-6-4-9-10-7(5)6/h2-4H,1H2. The van der Waals surface area contributed by atoms with Crippen LogP contribution >= 0.6 is 0 Å². The summed E-state index contributed by atoms with van der Waals surface area (Å²) >= 11 is 0. The summed E-state index contributed by atoms with van der Waals surface area (Å²) in [4.78, 5) is 3.94. The van der Waals surface area contributed by atoms with E-state index in [-0.39, 0.29) is 0 Å². The van der Waals surface area contributed by atoms with E-state index in [0.717, 1.165) is 16.1 Å². The molecular weight excluding hydrogens is 126 g/mol. The third-order valence-corrected chi connectivity index (χ3v) is 1.38. The van der Waals surface area contributed by atoms with Gasteiger partial charge in [0.1, 0.15) is 5.36 Å². The summed E-state index contributed by atoms with van der Waals surface area (Å²) < 4.78 is 0. The molecule has 3 heteroatoms. The summed E-state index contributed by atoms with van der Waals surface area (Å²) in [6.07, 6.45) is 5.08. The lowest BCUT2D eigenvalue weighted by molar-refractivity contribution is 1.14. The van der Waals surface area contributed by atoms with Gasteiger partial charge in [0.25, 0.3) is 0 Å². The molecule has 0 unspecified atom stereocenters. The number of hydrogen-bond acceptors (Lipinski definition) is 3. The lowest BCUT2D eigenvalue weighted by atomic mass is 10.3. The van der Waals surface area contributed by atoms with Crippen LogP contribution in [-0.4, -0.2) is 11.2 Å². The topological polar surface area (TPSA) is 37.6 Å². The molecule has 0 aromatic carbocycles. The number of rotatable bonds is 0. The normalized spacial score (nSPS) is 12.8. The highest BCUT2D eigenvalue weighted by atomic mass is 15.2. The molecule has 1 aromatic rings. The number of aromatic nitrogens is 1. The van der Waals surface area contributed by atoms with E-state index < -0.39 is 0 Å². The van der Waals surface area contributed by atoms with E-state index in [0.29, 0.717) is 0 Å². The zero-order chi connectivity index (χ0) is 6.97. The SMILES string of the molecule is C=c1cncc2c1=NN=C2. The van der Waals surface area contributed by atoms with Gasteiger partial charge in [0.2, 0.25) is 0 Å². The van der Waals surface area contributed by atoms with Crippen LogP contribution in [0.15, 0.2) is 22.6 Å². The fourth-order valence-electron chi connectivity index (χ4n) is 0.880. The maximum absolute atomic E-state index is 3.94. The van der Waals surface area contributed by atoms with Gasteiger partial charge in [-0.15, -0.1) is 5.10 Å². The van der Waals surface area contributed by atoms with Crippen molar-refractivity contribution in [2.75, 3.05) is 0 Å². The molecular formula is C7H5N3. The Morgan fingerprint density at radius 2 is 2.20 bits per heavy atom. The zero-order valence-electron chi connectivity index (χ0n) is 5.28. The summed E-state index contributed by atoms with van der Waals surface area (Å²) in [5.41, 5.74) is 0.951. The Bertz CT molecular complexity index is 392. The van der Waals surface area contributed by atoms with E-state index in [1.165, 1.54) is 0 Å². The Labute approximate surface area is 57.4 Å². The first-order chi connectivity index (χ1) is 4.88. The van der Waals surface area contributed by atoms with Crippen molar-refractivity contribution >= 4 is 12.8 Å². The van der Waals surface area contributed by atoms with E-state index in [9.17, 15) is 0 Å². The van der Waals surface area contributed by atoms with Gasteiger partial charge in [-0.2, -0.15) is 5.10 Å². The van der Waals surface area contributed by atoms with Crippen LogP contribution < -0.4 is 10.6 Å². The van der Waals surface area contributed by atoms with Crippen molar-refractivity contribution in [3.63, 3.8) is 0 Å². The highest BCUT2D eigenvalue weighted by molar-refractivity contribution is 5.79. The summed E-state index contributed by atoms with van der Waals surface area (Å²) in [5.74, 6) is 0. The Morgan fingerprint density at radius 3 is 3.00 bits per heavy atom. The molecule has 0 saturated carbocycles. The van der Waals surface area contributed by atoms with Gasteiger partial charge in [-0.05, 0) is 0 Å². The molecule has 0 N–H and O–H groups in total. The monoisotopic (exact) mass is 131 g/mol. The summed E-state index contributed by atoms with van der Waals surface area (Å²) in [5, 5.41) is 9.27. The average molecular weight is 131 g/mol. The van der Waals surface area contributed by atoms with E-state index >= 15 is 0 Å². The maximum Gasteiger partial charge on any atom is 0.104 e. The minimum atomic E-state index is 0.829. The lowest BCUT2D eigenvalue weighted by Gasteiger charge is -1.84. The van der Waals surface area contributed by atoms with Crippen LogP contribution in [0.25, 0.3) is 6.58 Å². The maximum atomic E-state index is 3.94. The molecule has 1 aliphatic heterocycles. The first-order valence-corrected chi connectivity index (χ1v) is 2.92. The summed E-state index contributed by atoms with van der Waals surface area (Å²) in [6.45, 7) is 3.76. The van der Waals surface area contributed by atoms with Gasteiger partial charge in [-0.3, -0.25) is 4.98 Å². The van der Waals surface area contributed by atoms with Crippen LogP contribution in [0.4, 0.5) is 0 Å². The van der Waals surface area contributed by atoms with Crippen molar-refractivity contribution in [2.24, 2.45) is 10.2 Å². The summed E-state index contributed by atoms with van der Waals surface area (Å²) in [7, 11) is 0. The van der Waals surface area contributed by atoms with Gasteiger partial charge >= 0.3 is 0 Å².